The fraction of sp³-hybridized carbons (Fsp3) is 0.667. The van der Waals surface area contributed by atoms with Crippen molar-refractivity contribution >= 4 is 5.69 Å². The van der Waals surface area contributed by atoms with Crippen LogP contribution in [0.2, 0.25) is 0 Å². The van der Waals surface area contributed by atoms with Gasteiger partial charge in [0.2, 0.25) is 0 Å². The molecule has 0 radical (unpaired) electrons. The van der Waals surface area contributed by atoms with Gasteiger partial charge in [-0.25, -0.2) is 0 Å². The zero-order valence-electron chi connectivity index (χ0n) is 14.0. The maximum Gasteiger partial charge on any atom is 0.0481 e. The molecule has 3 nitrogen and oxygen atoms in total. The molecule has 1 aromatic rings. The summed E-state index contributed by atoms with van der Waals surface area (Å²) < 4.78 is 5.28. The average Bonchev–Trinajstić information content (AvgIpc) is 2.70. The first-order valence-corrected chi connectivity index (χ1v) is 8.24. The van der Waals surface area contributed by atoms with E-state index < -0.39 is 0 Å². The van der Waals surface area contributed by atoms with Crippen LogP contribution in [0.4, 0.5) is 5.69 Å². The predicted octanol–water partition coefficient (Wildman–Crippen LogP) is 3.58. The Morgan fingerprint density at radius 2 is 2.00 bits per heavy atom. The fourth-order valence-electron chi connectivity index (χ4n) is 3.25. The lowest BCUT2D eigenvalue weighted by Gasteiger charge is -2.39. The molecular formula is C18H30N2O. The first kappa shape index (κ1) is 16.3. The van der Waals surface area contributed by atoms with E-state index in [4.69, 9.17) is 4.74 Å². The van der Waals surface area contributed by atoms with Crippen LogP contribution < -0.4 is 10.2 Å². The summed E-state index contributed by atoms with van der Waals surface area (Å²) in [6, 6.07) is 9.30. The van der Waals surface area contributed by atoms with E-state index in [-0.39, 0.29) is 5.54 Å². The van der Waals surface area contributed by atoms with Crippen LogP contribution in [0.25, 0.3) is 0 Å². The van der Waals surface area contributed by atoms with Gasteiger partial charge in [-0.2, -0.15) is 0 Å². The molecular weight excluding hydrogens is 260 g/mol. The van der Waals surface area contributed by atoms with Crippen molar-refractivity contribution in [3.63, 3.8) is 0 Å². The van der Waals surface area contributed by atoms with Gasteiger partial charge in [0.15, 0.2) is 0 Å². The number of rotatable bonds is 6. The molecule has 21 heavy (non-hydrogen) atoms. The van der Waals surface area contributed by atoms with Crippen LogP contribution >= 0.6 is 0 Å². The van der Waals surface area contributed by atoms with Gasteiger partial charge >= 0.3 is 0 Å². The third kappa shape index (κ3) is 3.58. The number of hydrogen-bond acceptors (Lipinski definition) is 3. The molecule has 3 heteroatoms. The van der Waals surface area contributed by atoms with Gasteiger partial charge in [0.1, 0.15) is 0 Å². The SMILES string of the molecule is CCC1(CC)CN(C(C)CCOC)c2ccccc2CN1. The normalized spacial score (nSPS) is 19.0. The van der Waals surface area contributed by atoms with Crippen molar-refractivity contribution in [3.8, 4) is 0 Å². The van der Waals surface area contributed by atoms with E-state index in [9.17, 15) is 0 Å². The van der Waals surface area contributed by atoms with E-state index in [1.165, 1.54) is 11.3 Å². The van der Waals surface area contributed by atoms with Crippen molar-refractivity contribution in [2.45, 2.75) is 58.2 Å². The highest BCUT2D eigenvalue weighted by molar-refractivity contribution is 5.55. The zero-order valence-corrected chi connectivity index (χ0v) is 14.0. The topological polar surface area (TPSA) is 24.5 Å². The molecule has 0 amide bonds. The van der Waals surface area contributed by atoms with Crippen molar-refractivity contribution < 1.29 is 4.74 Å². The van der Waals surface area contributed by atoms with E-state index >= 15 is 0 Å². The first-order valence-electron chi connectivity index (χ1n) is 8.24. The standard InChI is InChI=1S/C18H30N2O/c1-5-18(6-2)14-20(15(3)11-12-21-4)17-10-8-7-9-16(17)13-19-18/h7-10,15,19H,5-6,11-14H2,1-4H3. The Balaban J connectivity index is 2.31. The maximum atomic E-state index is 5.28. The highest BCUT2D eigenvalue weighted by atomic mass is 16.5. The highest BCUT2D eigenvalue weighted by Gasteiger charge is 2.33. The summed E-state index contributed by atoms with van der Waals surface area (Å²) in [5.74, 6) is 0. The summed E-state index contributed by atoms with van der Waals surface area (Å²) in [4.78, 5) is 2.58. The molecule has 1 aromatic carbocycles. The Hall–Kier alpha value is -1.06. The van der Waals surface area contributed by atoms with Gasteiger partial charge in [-0.15, -0.1) is 0 Å². The second kappa shape index (κ2) is 7.28. The minimum Gasteiger partial charge on any atom is -0.385 e. The van der Waals surface area contributed by atoms with Crippen molar-refractivity contribution in [1.82, 2.24) is 5.32 Å². The molecule has 1 heterocycles. The maximum absolute atomic E-state index is 5.28. The molecule has 118 valence electrons. The number of hydrogen-bond donors (Lipinski definition) is 1. The Kier molecular flexibility index (Phi) is 5.65. The van der Waals surface area contributed by atoms with E-state index in [1.807, 2.05) is 0 Å². The van der Waals surface area contributed by atoms with Gasteiger partial charge < -0.3 is 15.0 Å². The number of fused-ring (bicyclic) bond motifs is 1. The number of para-hydroxylation sites is 1. The molecule has 1 aliphatic rings. The number of nitrogens with one attached hydrogen (secondary N) is 1. The Morgan fingerprint density at radius 1 is 1.29 bits per heavy atom. The number of benzene rings is 1. The minimum atomic E-state index is 0.209. The first-order chi connectivity index (χ1) is 10.2. The lowest BCUT2D eigenvalue weighted by molar-refractivity contribution is 0.186. The van der Waals surface area contributed by atoms with Gasteiger partial charge in [-0.05, 0) is 37.8 Å². The zero-order chi connectivity index (χ0) is 15.3. The molecule has 0 aliphatic carbocycles. The summed E-state index contributed by atoms with van der Waals surface area (Å²) in [6.07, 6.45) is 3.38. The van der Waals surface area contributed by atoms with E-state index in [1.54, 1.807) is 7.11 Å². The third-order valence-electron chi connectivity index (χ3n) is 5.05. The van der Waals surface area contributed by atoms with Gasteiger partial charge in [0.25, 0.3) is 0 Å². The van der Waals surface area contributed by atoms with E-state index in [0.717, 1.165) is 39.0 Å². The number of nitrogens with zero attached hydrogens (tertiary/aromatic N) is 1. The van der Waals surface area contributed by atoms with E-state index in [0.29, 0.717) is 6.04 Å². The van der Waals surface area contributed by atoms with Crippen molar-refractivity contribution in [2.24, 2.45) is 0 Å². The summed E-state index contributed by atoms with van der Waals surface area (Å²) in [7, 11) is 1.78. The molecule has 1 atom stereocenters. The van der Waals surface area contributed by atoms with E-state index in [2.05, 4.69) is 55.3 Å². The van der Waals surface area contributed by atoms with Crippen LogP contribution in [-0.4, -0.2) is 31.8 Å². The second-order valence-electron chi connectivity index (χ2n) is 6.23. The van der Waals surface area contributed by atoms with Crippen LogP contribution in [0, 0.1) is 0 Å². The number of methoxy groups -OCH3 is 1. The van der Waals surface area contributed by atoms with Crippen molar-refractivity contribution in [2.75, 3.05) is 25.2 Å². The lowest BCUT2D eigenvalue weighted by atomic mass is 9.91. The summed E-state index contributed by atoms with van der Waals surface area (Å²) >= 11 is 0. The molecule has 0 saturated heterocycles. The van der Waals surface area contributed by atoms with Gasteiger partial charge in [0.05, 0.1) is 0 Å². The average molecular weight is 290 g/mol. The van der Waals surface area contributed by atoms with Crippen LogP contribution in [0.15, 0.2) is 24.3 Å². The third-order valence-corrected chi connectivity index (χ3v) is 5.05. The van der Waals surface area contributed by atoms with Crippen LogP contribution in [0.5, 0.6) is 0 Å². The summed E-state index contributed by atoms with van der Waals surface area (Å²) in [5.41, 5.74) is 3.00. The van der Waals surface area contributed by atoms with Gasteiger partial charge in [-0.1, -0.05) is 32.0 Å². The largest absolute Gasteiger partial charge is 0.385 e. The molecule has 0 spiro atoms. The minimum absolute atomic E-state index is 0.209. The monoisotopic (exact) mass is 290 g/mol. The molecule has 2 rings (SSSR count). The Morgan fingerprint density at radius 3 is 2.67 bits per heavy atom. The van der Waals surface area contributed by atoms with Crippen molar-refractivity contribution in [1.29, 1.82) is 0 Å². The molecule has 0 fully saturated rings. The quantitative estimate of drug-likeness (QED) is 0.866. The second-order valence-corrected chi connectivity index (χ2v) is 6.23. The molecule has 1 aliphatic heterocycles. The van der Waals surface area contributed by atoms with Crippen molar-refractivity contribution in [3.05, 3.63) is 29.8 Å². The Bertz CT molecular complexity index is 443. The molecule has 0 saturated carbocycles. The molecule has 0 aromatic heterocycles. The molecule has 0 bridgehead atoms. The van der Waals surface area contributed by atoms with Crippen LogP contribution in [-0.2, 0) is 11.3 Å². The van der Waals surface area contributed by atoms with Gasteiger partial charge in [-0.3, -0.25) is 0 Å². The van der Waals surface area contributed by atoms with Gasteiger partial charge in [0, 0.05) is 44.1 Å². The fourth-order valence-corrected chi connectivity index (χ4v) is 3.25. The Labute approximate surface area is 129 Å². The number of ether oxygens (including phenoxy) is 1. The summed E-state index contributed by atoms with van der Waals surface area (Å²) in [6.45, 7) is 9.76. The summed E-state index contributed by atoms with van der Waals surface area (Å²) in [5, 5.41) is 3.82. The lowest BCUT2D eigenvalue weighted by Crippen LogP contribution is -2.52. The predicted molar refractivity (Wildman–Crippen MR) is 89.9 cm³/mol. The number of anilines is 1. The molecule has 1 N–H and O–H groups in total. The van der Waals surface area contributed by atoms with Crippen LogP contribution in [0.1, 0.15) is 45.6 Å². The highest BCUT2D eigenvalue weighted by Crippen LogP contribution is 2.31. The smallest absolute Gasteiger partial charge is 0.0481 e. The van der Waals surface area contributed by atoms with Crippen LogP contribution in [0.3, 0.4) is 0 Å². The molecule has 1 unspecified atom stereocenters.